The zero-order valence-electron chi connectivity index (χ0n) is 17.6. The van der Waals surface area contributed by atoms with Gasteiger partial charge in [0.2, 0.25) is 11.6 Å². The molecule has 2 aromatic rings. The van der Waals surface area contributed by atoms with Crippen LogP contribution in [-0.2, 0) is 11.2 Å². The van der Waals surface area contributed by atoms with Crippen molar-refractivity contribution in [3.8, 4) is 11.6 Å². The Balaban J connectivity index is 1.99. The molecule has 9 nitrogen and oxygen atoms in total. The summed E-state index contributed by atoms with van der Waals surface area (Å²) in [5, 5.41) is 19.4. The monoisotopic (exact) mass is 387 g/mol. The highest BCUT2D eigenvalue weighted by Gasteiger charge is 2.32. The number of amides is 1. The highest BCUT2D eigenvalue weighted by molar-refractivity contribution is 5.68. The van der Waals surface area contributed by atoms with Crippen LogP contribution >= 0.6 is 0 Å². The van der Waals surface area contributed by atoms with Gasteiger partial charge in [0.05, 0.1) is 0 Å². The van der Waals surface area contributed by atoms with Crippen molar-refractivity contribution < 1.29 is 9.53 Å². The van der Waals surface area contributed by atoms with E-state index < -0.39 is 17.2 Å². The molecule has 152 valence electrons. The van der Waals surface area contributed by atoms with Gasteiger partial charge in [0, 0.05) is 24.4 Å². The molecular weight excluding hydrogens is 358 g/mol. The van der Waals surface area contributed by atoms with Crippen LogP contribution in [0.1, 0.15) is 60.7 Å². The molecule has 2 rings (SSSR count). The van der Waals surface area contributed by atoms with E-state index in [0.717, 1.165) is 0 Å². The molecule has 28 heavy (non-hydrogen) atoms. The standard InChI is InChI=1S/C19H29N7O2/c1-17(2,3)28-16(27)22-19(6,7)12-18(4,5)11-13-23-25-15(26-24-13)14-20-9-8-10-21-14/h8-10H,11-12H2,1-7H3,(H,22,27). The summed E-state index contributed by atoms with van der Waals surface area (Å²) in [5.74, 6) is 1.20. The first-order valence-corrected chi connectivity index (χ1v) is 9.20. The fourth-order valence-corrected chi connectivity index (χ4v) is 3.14. The van der Waals surface area contributed by atoms with Crippen molar-refractivity contribution in [3.05, 3.63) is 24.3 Å². The van der Waals surface area contributed by atoms with Gasteiger partial charge in [-0.3, -0.25) is 0 Å². The van der Waals surface area contributed by atoms with Gasteiger partial charge in [-0.25, -0.2) is 14.8 Å². The van der Waals surface area contributed by atoms with E-state index in [2.05, 4.69) is 49.5 Å². The lowest BCUT2D eigenvalue weighted by Crippen LogP contribution is -2.48. The Morgan fingerprint density at radius 2 is 1.50 bits per heavy atom. The van der Waals surface area contributed by atoms with E-state index in [1.165, 1.54) is 0 Å². The first kappa shape index (κ1) is 21.6. The Morgan fingerprint density at radius 3 is 2.04 bits per heavy atom. The van der Waals surface area contributed by atoms with E-state index in [9.17, 15) is 4.79 Å². The molecule has 0 unspecified atom stereocenters. The van der Waals surface area contributed by atoms with Gasteiger partial charge < -0.3 is 10.1 Å². The number of nitrogens with one attached hydrogen (secondary N) is 1. The van der Waals surface area contributed by atoms with Crippen LogP contribution in [0.25, 0.3) is 11.6 Å². The Kier molecular flexibility index (Phi) is 6.26. The number of ether oxygens (including phenoxy) is 1. The molecule has 0 fully saturated rings. The van der Waals surface area contributed by atoms with Crippen LogP contribution in [0, 0.1) is 5.41 Å². The van der Waals surface area contributed by atoms with Crippen LogP contribution < -0.4 is 5.32 Å². The van der Waals surface area contributed by atoms with Crippen molar-refractivity contribution >= 4 is 6.09 Å². The van der Waals surface area contributed by atoms with Gasteiger partial charge in [-0.15, -0.1) is 20.4 Å². The predicted molar refractivity (Wildman–Crippen MR) is 104 cm³/mol. The fraction of sp³-hybridized carbons (Fsp3) is 0.632. The lowest BCUT2D eigenvalue weighted by Gasteiger charge is -2.35. The molecule has 0 aromatic carbocycles. The number of carbonyl (C=O) groups excluding carboxylic acids is 1. The summed E-state index contributed by atoms with van der Waals surface area (Å²) in [4.78, 5) is 20.3. The Morgan fingerprint density at radius 1 is 0.929 bits per heavy atom. The number of nitrogens with zero attached hydrogens (tertiary/aromatic N) is 6. The van der Waals surface area contributed by atoms with Crippen molar-refractivity contribution in [1.29, 1.82) is 0 Å². The topological polar surface area (TPSA) is 116 Å². The summed E-state index contributed by atoms with van der Waals surface area (Å²) in [7, 11) is 0. The number of hydrogen-bond donors (Lipinski definition) is 1. The van der Waals surface area contributed by atoms with Crippen molar-refractivity contribution in [2.24, 2.45) is 5.41 Å². The minimum atomic E-state index is -0.537. The number of alkyl carbamates (subject to hydrolysis) is 1. The van der Waals surface area contributed by atoms with Gasteiger partial charge >= 0.3 is 6.09 Å². The molecular formula is C19H29N7O2. The molecule has 0 spiro atoms. The summed E-state index contributed by atoms with van der Waals surface area (Å²) in [6.45, 7) is 13.6. The first-order chi connectivity index (χ1) is 12.9. The molecule has 0 saturated carbocycles. The van der Waals surface area contributed by atoms with Crippen LogP contribution in [0.3, 0.4) is 0 Å². The van der Waals surface area contributed by atoms with E-state index in [4.69, 9.17) is 4.74 Å². The normalized spacial score (nSPS) is 12.5. The Labute approximate surface area is 165 Å². The van der Waals surface area contributed by atoms with Gasteiger partial charge in [0.25, 0.3) is 0 Å². The van der Waals surface area contributed by atoms with Crippen LogP contribution in [-0.4, -0.2) is 47.6 Å². The third-order valence-corrected chi connectivity index (χ3v) is 3.68. The van der Waals surface area contributed by atoms with Crippen LogP contribution in [0.15, 0.2) is 18.5 Å². The van der Waals surface area contributed by atoms with Crippen LogP contribution in [0.4, 0.5) is 4.79 Å². The molecule has 0 aliphatic rings. The summed E-state index contributed by atoms with van der Waals surface area (Å²) in [5.41, 5.74) is -1.21. The van der Waals surface area contributed by atoms with E-state index in [0.29, 0.717) is 24.5 Å². The summed E-state index contributed by atoms with van der Waals surface area (Å²) >= 11 is 0. The van der Waals surface area contributed by atoms with E-state index >= 15 is 0 Å². The second-order valence-corrected chi connectivity index (χ2v) is 9.24. The smallest absolute Gasteiger partial charge is 0.408 e. The maximum absolute atomic E-state index is 12.1. The van der Waals surface area contributed by atoms with Crippen LogP contribution in [0.2, 0.25) is 0 Å². The first-order valence-electron chi connectivity index (χ1n) is 9.20. The minimum absolute atomic E-state index is 0.202. The van der Waals surface area contributed by atoms with Crippen molar-refractivity contribution in [3.63, 3.8) is 0 Å². The fourth-order valence-electron chi connectivity index (χ4n) is 3.14. The van der Waals surface area contributed by atoms with E-state index in [1.807, 2.05) is 34.6 Å². The van der Waals surface area contributed by atoms with E-state index in [-0.39, 0.29) is 11.2 Å². The maximum atomic E-state index is 12.1. The molecule has 0 saturated heterocycles. The molecule has 0 radical (unpaired) electrons. The highest BCUT2D eigenvalue weighted by atomic mass is 16.6. The lowest BCUT2D eigenvalue weighted by molar-refractivity contribution is 0.0446. The average molecular weight is 387 g/mol. The van der Waals surface area contributed by atoms with Gasteiger partial charge in [-0.2, -0.15) is 0 Å². The zero-order chi connectivity index (χ0) is 21.0. The molecule has 9 heteroatoms. The molecule has 2 aromatic heterocycles. The molecule has 0 atom stereocenters. The molecule has 2 heterocycles. The quantitative estimate of drug-likeness (QED) is 0.804. The molecule has 0 bridgehead atoms. The number of hydrogen-bond acceptors (Lipinski definition) is 8. The summed E-state index contributed by atoms with van der Waals surface area (Å²) < 4.78 is 5.35. The molecule has 1 amide bonds. The molecule has 1 N–H and O–H groups in total. The summed E-state index contributed by atoms with van der Waals surface area (Å²) in [6, 6.07) is 1.72. The highest BCUT2D eigenvalue weighted by Crippen LogP contribution is 2.31. The lowest BCUT2D eigenvalue weighted by atomic mass is 9.77. The largest absolute Gasteiger partial charge is 0.444 e. The maximum Gasteiger partial charge on any atom is 0.408 e. The predicted octanol–water partition coefficient (Wildman–Crippen LogP) is 2.99. The average Bonchev–Trinajstić information content (AvgIpc) is 2.52. The second kappa shape index (κ2) is 8.12. The van der Waals surface area contributed by atoms with E-state index in [1.54, 1.807) is 18.5 Å². The van der Waals surface area contributed by atoms with Crippen molar-refractivity contribution in [2.45, 2.75) is 72.4 Å². The minimum Gasteiger partial charge on any atom is -0.444 e. The number of rotatable bonds is 6. The van der Waals surface area contributed by atoms with Gasteiger partial charge in [-0.05, 0) is 52.5 Å². The van der Waals surface area contributed by atoms with Gasteiger partial charge in [0.1, 0.15) is 5.60 Å². The van der Waals surface area contributed by atoms with Crippen molar-refractivity contribution in [2.75, 3.05) is 0 Å². The third-order valence-electron chi connectivity index (χ3n) is 3.68. The van der Waals surface area contributed by atoms with Crippen molar-refractivity contribution in [1.82, 2.24) is 35.7 Å². The second-order valence-electron chi connectivity index (χ2n) is 9.24. The Hall–Kier alpha value is -2.71. The van der Waals surface area contributed by atoms with Crippen LogP contribution in [0.5, 0.6) is 0 Å². The summed E-state index contributed by atoms with van der Waals surface area (Å²) in [6.07, 6.45) is 4.04. The SMILES string of the molecule is CC(C)(Cc1nnc(-c2ncccn2)nn1)CC(C)(C)NC(=O)OC(C)(C)C. The molecule has 0 aliphatic carbocycles. The zero-order valence-corrected chi connectivity index (χ0v) is 17.6. The third kappa shape index (κ3) is 7.13. The number of aromatic nitrogens is 6. The number of carbonyl (C=O) groups is 1. The van der Waals surface area contributed by atoms with Gasteiger partial charge in [-0.1, -0.05) is 13.8 Å². The molecule has 0 aliphatic heterocycles. The van der Waals surface area contributed by atoms with Gasteiger partial charge in [0.15, 0.2) is 5.82 Å². The Bertz CT molecular complexity index is 784.